The van der Waals surface area contributed by atoms with Crippen molar-refractivity contribution in [3.05, 3.63) is 23.5 Å². The average molecular weight is 265 g/mol. The number of aromatic nitrogens is 2. The molecule has 2 rings (SSSR count). The molecule has 2 heterocycles. The van der Waals surface area contributed by atoms with Gasteiger partial charge in [0.15, 0.2) is 6.04 Å². The Morgan fingerprint density at radius 2 is 2.26 bits per heavy atom. The van der Waals surface area contributed by atoms with Gasteiger partial charge in [0, 0.05) is 6.20 Å². The van der Waals surface area contributed by atoms with Crippen molar-refractivity contribution >= 4 is 23.0 Å². The lowest BCUT2D eigenvalue weighted by Gasteiger charge is -2.11. The molecule has 0 fully saturated rings. The molecule has 2 aromatic rings. The standard InChI is InChI=1S/C11H11N3O5/c1-5-7-2-6(3-12-10(7)19-14-5)9(16)13-8(4-15)11(17)18/h2-3,8,15H,4H2,1H3,(H,13,16)(H,17,18). The third-order valence-electron chi connectivity index (χ3n) is 2.56. The molecule has 0 saturated carbocycles. The Morgan fingerprint density at radius 1 is 1.53 bits per heavy atom. The van der Waals surface area contributed by atoms with E-state index in [4.69, 9.17) is 14.7 Å². The number of nitrogens with zero attached hydrogens (tertiary/aromatic N) is 2. The summed E-state index contributed by atoms with van der Waals surface area (Å²) in [6.07, 6.45) is 1.25. The van der Waals surface area contributed by atoms with Crippen LogP contribution in [-0.4, -0.2) is 44.9 Å². The topological polar surface area (TPSA) is 126 Å². The summed E-state index contributed by atoms with van der Waals surface area (Å²) in [6.45, 7) is 1.01. The Kier molecular flexibility index (Phi) is 3.43. The number of carbonyl (C=O) groups is 2. The van der Waals surface area contributed by atoms with Gasteiger partial charge < -0.3 is 20.1 Å². The lowest BCUT2D eigenvalue weighted by Crippen LogP contribution is -2.43. The van der Waals surface area contributed by atoms with E-state index in [1.807, 2.05) is 0 Å². The van der Waals surface area contributed by atoms with Crippen LogP contribution in [0.25, 0.3) is 11.1 Å². The Balaban J connectivity index is 2.26. The van der Waals surface area contributed by atoms with Crippen LogP contribution in [0.15, 0.2) is 16.8 Å². The Morgan fingerprint density at radius 3 is 2.89 bits per heavy atom. The van der Waals surface area contributed by atoms with Crippen molar-refractivity contribution in [1.29, 1.82) is 0 Å². The number of hydrogen-bond acceptors (Lipinski definition) is 6. The highest BCUT2D eigenvalue weighted by Crippen LogP contribution is 2.16. The first-order valence-corrected chi connectivity index (χ1v) is 5.39. The summed E-state index contributed by atoms with van der Waals surface area (Å²) < 4.78 is 4.90. The van der Waals surface area contributed by atoms with Gasteiger partial charge in [-0.3, -0.25) is 4.79 Å². The van der Waals surface area contributed by atoms with E-state index in [-0.39, 0.29) is 5.56 Å². The lowest BCUT2D eigenvalue weighted by atomic mass is 10.2. The van der Waals surface area contributed by atoms with Crippen molar-refractivity contribution in [3.8, 4) is 0 Å². The number of aliphatic hydroxyl groups excluding tert-OH is 1. The van der Waals surface area contributed by atoms with Gasteiger partial charge in [-0.15, -0.1) is 0 Å². The molecule has 2 aromatic heterocycles. The number of carboxylic acid groups (broad SMARTS) is 1. The quantitative estimate of drug-likeness (QED) is 0.693. The minimum Gasteiger partial charge on any atom is -0.480 e. The number of pyridine rings is 1. The van der Waals surface area contributed by atoms with Crippen LogP contribution < -0.4 is 5.32 Å². The van der Waals surface area contributed by atoms with Crippen LogP contribution in [-0.2, 0) is 4.79 Å². The van der Waals surface area contributed by atoms with E-state index in [0.717, 1.165) is 0 Å². The molecule has 0 aliphatic rings. The molecule has 8 heteroatoms. The predicted octanol–water partition coefficient (Wildman–Crippen LogP) is -0.293. The summed E-state index contributed by atoms with van der Waals surface area (Å²) in [5, 5.41) is 24.0. The summed E-state index contributed by atoms with van der Waals surface area (Å²) in [6, 6.07) is 0.145. The molecule has 0 radical (unpaired) electrons. The lowest BCUT2D eigenvalue weighted by molar-refractivity contribution is -0.140. The van der Waals surface area contributed by atoms with E-state index in [1.165, 1.54) is 12.3 Å². The smallest absolute Gasteiger partial charge is 0.328 e. The van der Waals surface area contributed by atoms with Crippen molar-refractivity contribution in [1.82, 2.24) is 15.5 Å². The van der Waals surface area contributed by atoms with Crippen molar-refractivity contribution < 1.29 is 24.3 Å². The fourth-order valence-corrected chi connectivity index (χ4v) is 1.50. The van der Waals surface area contributed by atoms with Gasteiger partial charge in [-0.25, -0.2) is 9.78 Å². The first-order valence-electron chi connectivity index (χ1n) is 5.39. The monoisotopic (exact) mass is 265 g/mol. The number of aliphatic hydroxyl groups is 1. The van der Waals surface area contributed by atoms with E-state index in [9.17, 15) is 9.59 Å². The highest BCUT2D eigenvalue weighted by Gasteiger charge is 2.20. The van der Waals surface area contributed by atoms with Gasteiger partial charge in [-0.1, -0.05) is 5.16 Å². The number of carboxylic acids is 1. The van der Waals surface area contributed by atoms with E-state index >= 15 is 0 Å². The largest absolute Gasteiger partial charge is 0.480 e. The third-order valence-corrected chi connectivity index (χ3v) is 2.56. The summed E-state index contributed by atoms with van der Waals surface area (Å²) in [4.78, 5) is 26.4. The third kappa shape index (κ3) is 2.52. The SMILES string of the molecule is Cc1noc2ncc(C(=O)NC(CO)C(=O)O)cc12. The first kappa shape index (κ1) is 13.0. The summed E-state index contributed by atoms with van der Waals surface area (Å²) in [5.41, 5.74) is 1.04. The van der Waals surface area contributed by atoms with Crippen molar-refractivity contribution in [2.24, 2.45) is 0 Å². The molecule has 0 aliphatic heterocycles. The van der Waals surface area contributed by atoms with E-state index < -0.39 is 24.5 Å². The Bertz CT molecular complexity index is 636. The summed E-state index contributed by atoms with van der Waals surface area (Å²) in [7, 11) is 0. The number of fused-ring (bicyclic) bond motifs is 1. The van der Waals surface area contributed by atoms with E-state index in [0.29, 0.717) is 16.8 Å². The van der Waals surface area contributed by atoms with Gasteiger partial charge in [-0.2, -0.15) is 0 Å². The summed E-state index contributed by atoms with van der Waals surface area (Å²) in [5.74, 6) is -1.96. The van der Waals surface area contributed by atoms with Gasteiger partial charge >= 0.3 is 5.97 Å². The highest BCUT2D eigenvalue weighted by atomic mass is 16.5. The fraction of sp³-hybridized carbons (Fsp3) is 0.273. The van der Waals surface area contributed by atoms with Crippen LogP contribution in [0.2, 0.25) is 0 Å². The van der Waals surface area contributed by atoms with Crippen molar-refractivity contribution in [3.63, 3.8) is 0 Å². The number of aliphatic carboxylic acids is 1. The minimum absolute atomic E-state index is 0.165. The summed E-state index contributed by atoms with van der Waals surface area (Å²) >= 11 is 0. The zero-order chi connectivity index (χ0) is 14.0. The molecular formula is C11H11N3O5. The molecule has 0 spiro atoms. The highest BCUT2D eigenvalue weighted by molar-refractivity contribution is 5.98. The van der Waals surface area contributed by atoms with Crippen LogP contribution in [0.1, 0.15) is 16.1 Å². The maximum absolute atomic E-state index is 11.8. The van der Waals surface area contributed by atoms with Gasteiger partial charge in [0.25, 0.3) is 11.6 Å². The van der Waals surface area contributed by atoms with Crippen LogP contribution in [0.3, 0.4) is 0 Å². The zero-order valence-corrected chi connectivity index (χ0v) is 9.95. The number of aryl methyl sites for hydroxylation is 1. The second kappa shape index (κ2) is 5.02. The molecule has 1 atom stereocenters. The van der Waals surface area contributed by atoms with Crippen LogP contribution in [0.4, 0.5) is 0 Å². The molecule has 1 amide bonds. The van der Waals surface area contributed by atoms with Gasteiger partial charge in [-0.05, 0) is 13.0 Å². The second-order valence-corrected chi connectivity index (χ2v) is 3.89. The first-order chi connectivity index (χ1) is 9.02. The number of amides is 1. The van der Waals surface area contributed by atoms with Gasteiger partial charge in [0.1, 0.15) is 0 Å². The van der Waals surface area contributed by atoms with Gasteiger partial charge in [0.2, 0.25) is 0 Å². The molecule has 19 heavy (non-hydrogen) atoms. The molecule has 8 nitrogen and oxygen atoms in total. The predicted molar refractivity (Wildman–Crippen MR) is 62.5 cm³/mol. The maximum atomic E-state index is 11.8. The molecule has 0 aromatic carbocycles. The van der Waals surface area contributed by atoms with Crippen LogP contribution >= 0.6 is 0 Å². The zero-order valence-electron chi connectivity index (χ0n) is 9.95. The molecule has 0 saturated heterocycles. The molecule has 0 aliphatic carbocycles. The normalized spacial score (nSPS) is 12.3. The molecule has 1 unspecified atom stereocenters. The molecular weight excluding hydrogens is 254 g/mol. The van der Waals surface area contributed by atoms with E-state index in [2.05, 4.69) is 15.5 Å². The van der Waals surface area contributed by atoms with Crippen LogP contribution in [0, 0.1) is 6.92 Å². The molecule has 100 valence electrons. The number of rotatable bonds is 4. The number of carbonyl (C=O) groups excluding carboxylic acids is 1. The maximum Gasteiger partial charge on any atom is 0.328 e. The number of nitrogens with one attached hydrogen (secondary N) is 1. The van der Waals surface area contributed by atoms with Gasteiger partial charge in [0.05, 0.1) is 23.3 Å². The van der Waals surface area contributed by atoms with E-state index in [1.54, 1.807) is 6.92 Å². The fourth-order valence-electron chi connectivity index (χ4n) is 1.50. The van der Waals surface area contributed by atoms with Crippen molar-refractivity contribution in [2.75, 3.05) is 6.61 Å². The Hall–Kier alpha value is -2.48. The average Bonchev–Trinajstić information content (AvgIpc) is 2.76. The van der Waals surface area contributed by atoms with Crippen LogP contribution in [0.5, 0.6) is 0 Å². The van der Waals surface area contributed by atoms with Crippen molar-refractivity contribution in [2.45, 2.75) is 13.0 Å². The second-order valence-electron chi connectivity index (χ2n) is 3.89. The number of hydrogen-bond donors (Lipinski definition) is 3. The molecule has 0 bridgehead atoms. The Labute approximate surface area is 107 Å². The molecule has 3 N–H and O–H groups in total. The minimum atomic E-state index is -1.35.